The molecule has 1 aromatic carbocycles. The highest BCUT2D eigenvalue weighted by molar-refractivity contribution is 8.01. The third kappa shape index (κ3) is 5.00. The molecule has 0 bridgehead atoms. The van der Waals surface area contributed by atoms with Gasteiger partial charge in [-0.05, 0) is 23.6 Å². The second-order valence-electron chi connectivity index (χ2n) is 5.10. The van der Waals surface area contributed by atoms with Gasteiger partial charge in [-0.25, -0.2) is 4.39 Å². The van der Waals surface area contributed by atoms with E-state index >= 15 is 0 Å². The number of para-hydroxylation sites is 1. The highest BCUT2D eigenvalue weighted by atomic mass is 32.2. The molecule has 0 fully saturated rings. The predicted octanol–water partition coefficient (Wildman–Crippen LogP) is 4.23. The summed E-state index contributed by atoms with van der Waals surface area (Å²) in [5.74, 6) is -0.0366. The fourth-order valence-corrected chi connectivity index (χ4v) is 4.42. The Morgan fingerprint density at radius 1 is 1.28 bits per heavy atom. The number of nitrogens with zero attached hydrogens (tertiary/aromatic N) is 3. The predicted molar refractivity (Wildman–Crippen MR) is 101 cm³/mol. The molecule has 0 aliphatic rings. The van der Waals surface area contributed by atoms with Crippen molar-refractivity contribution >= 4 is 51.2 Å². The van der Waals surface area contributed by atoms with Crippen LogP contribution < -0.4 is 5.32 Å². The van der Waals surface area contributed by atoms with Crippen molar-refractivity contribution in [2.45, 2.75) is 10.9 Å². The molecule has 2 aromatic heterocycles. The minimum atomic E-state index is -0.350. The zero-order chi connectivity index (χ0) is 17.6. The molecule has 0 aliphatic carbocycles. The van der Waals surface area contributed by atoms with Gasteiger partial charge in [0.15, 0.2) is 4.34 Å². The molecular formula is C16H15FN4OS3. The molecule has 130 valence electrons. The number of anilines is 2. The topological polar surface area (TPSA) is 58.1 Å². The van der Waals surface area contributed by atoms with Crippen LogP contribution in [0, 0.1) is 5.82 Å². The standard InChI is InChI=1S/C16H15FN4OS3/c1-21(9-11-5-4-8-23-11)14(22)10-24-16-20-19-15(25-16)18-13-7-3-2-6-12(13)17/h2-8H,9-10H2,1H3,(H,18,19). The largest absolute Gasteiger partial charge is 0.340 e. The van der Waals surface area contributed by atoms with Crippen LogP contribution in [0.5, 0.6) is 0 Å². The Morgan fingerprint density at radius 2 is 2.12 bits per heavy atom. The lowest BCUT2D eigenvalue weighted by atomic mass is 10.3. The highest BCUT2D eigenvalue weighted by Crippen LogP contribution is 2.28. The van der Waals surface area contributed by atoms with Crippen molar-refractivity contribution in [1.82, 2.24) is 15.1 Å². The number of amides is 1. The molecule has 0 spiro atoms. The summed E-state index contributed by atoms with van der Waals surface area (Å²) in [5, 5.41) is 13.4. The summed E-state index contributed by atoms with van der Waals surface area (Å²) in [6.07, 6.45) is 0. The van der Waals surface area contributed by atoms with E-state index in [-0.39, 0.29) is 17.5 Å². The van der Waals surface area contributed by atoms with Gasteiger partial charge in [-0.1, -0.05) is 41.3 Å². The number of rotatable bonds is 7. The Bertz CT molecular complexity index is 838. The molecule has 25 heavy (non-hydrogen) atoms. The van der Waals surface area contributed by atoms with Crippen molar-refractivity contribution in [2.24, 2.45) is 0 Å². The Hall–Kier alpha value is -1.97. The quantitative estimate of drug-likeness (QED) is 0.608. The number of hydrogen-bond donors (Lipinski definition) is 1. The zero-order valence-corrected chi connectivity index (χ0v) is 15.8. The van der Waals surface area contributed by atoms with Crippen molar-refractivity contribution in [3.8, 4) is 0 Å². The van der Waals surface area contributed by atoms with Gasteiger partial charge in [0.05, 0.1) is 18.0 Å². The molecule has 2 heterocycles. The minimum absolute atomic E-state index is 0.0252. The van der Waals surface area contributed by atoms with Gasteiger partial charge in [0, 0.05) is 11.9 Å². The van der Waals surface area contributed by atoms with E-state index in [2.05, 4.69) is 15.5 Å². The number of carbonyl (C=O) groups is 1. The summed E-state index contributed by atoms with van der Waals surface area (Å²) >= 11 is 4.25. The van der Waals surface area contributed by atoms with E-state index in [1.165, 1.54) is 29.2 Å². The molecule has 0 saturated carbocycles. The summed E-state index contributed by atoms with van der Waals surface area (Å²) in [6.45, 7) is 0.604. The van der Waals surface area contributed by atoms with Crippen molar-refractivity contribution in [3.05, 3.63) is 52.5 Å². The van der Waals surface area contributed by atoms with Crippen LogP contribution in [0.4, 0.5) is 15.2 Å². The molecule has 3 rings (SSSR count). The smallest absolute Gasteiger partial charge is 0.233 e. The third-order valence-corrected chi connectivity index (χ3v) is 6.06. The molecule has 5 nitrogen and oxygen atoms in total. The molecule has 0 saturated heterocycles. The van der Waals surface area contributed by atoms with Gasteiger partial charge in [0.2, 0.25) is 11.0 Å². The molecule has 0 unspecified atom stereocenters. The van der Waals surface area contributed by atoms with Crippen LogP contribution in [-0.2, 0) is 11.3 Å². The monoisotopic (exact) mass is 394 g/mol. The normalized spacial score (nSPS) is 10.6. The van der Waals surface area contributed by atoms with E-state index in [4.69, 9.17) is 0 Å². The van der Waals surface area contributed by atoms with Gasteiger partial charge < -0.3 is 10.2 Å². The van der Waals surface area contributed by atoms with E-state index in [1.54, 1.807) is 41.5 Å². The van der Waals surface area contributed by atoms with E-state index in [1.807, 2.05) is 17.5 Å². The molecule has 0 atom stereocenters. The number of halogens is 1. The lowest BCUT2D eigenvalue weighted by Gasteiger charge is -2.15. The van der Waals surface area contributed by atoms with Gasteiger partial charge in [-0.2, -0.15) is 0 Å². The van der Waals surface area contributed by atoms with Crippen LogP contribution in [-0.4, -0.2) is 33.8 Å². The van der Waals surface area contributed by atoms with E-state index in [9.17, 15) is 9.18 Å². The van der Waals surface area contributed by atoms with Crippen LogP contribution in [0.1, 0.15) is 4.88 Å². The van der Waals surface area contributed by atoms with E-state index < -0.39 is 0 Å². The fourth-order valence-electron chi connectivity index (χ4n) is 1.95. The van der Waals surface area contributed by atoms with Crippen LogP contribution in [0.25, 0.3) is 0 Å². The Balaban J connectivity index is 1.51. The van der Waals surface area contributed by atoms with Crippen LogP contribution in [0.15, 0.2) is 46.1 Å². The molecule has 0 radical (unpaired) electrons. The van der Waals surface area contributed by atoms with Crippen LogP contribution in [0.2, 0.25) is 0 Å². The first-order chi connectivity index (χ1) is 12.1. The second kappa shape index (κ2) is 8.41. The van der Waals surface area contributed by atoms with E-state index in [0.29, 0.717) is 21.7 Å². The van der Waals surface area contributed by atoms with Crippen molar-refractivity contribution in [2.75, 3.05) is 18.1 Å². The number of benzene rings is 1. The molecule has 3 aromatic rings. The molecule has 9 heteroatoms. The minimum Gasteiger partial charge on any atom is -0.340 e. The summed E-state index contributed by atoms with van der Waals surface area (Å²) in [7, 11) is 1.79. The van der Waals surface area contributed by atoms with E-state index in [0.717, 1.165) is 4.88 Å². The van der Waals surface area contributed by atoms with Crippen LogP contribution in [0.3, 0.4) is 0 Å². The first-order valence-corrected chi connectivity index (χ1v) is 10.0. The second-order valence-corrected chi connectivity index (χ2v) is 8.33. The highest BCUT2D eigenvalue weighted by Gasteiger charge is 2.13. The Kier molecular flexibility index (Phi) is 6.00. The molecule has 0 aliphatic heterocycles. The number of carbonyl (C=O) groups excluding carboxylic acids is 1. The molecule has 1 amide bonds. The summed E-state index contributed by atoms with van der Waals surface area (Å²) in [5.41, 5.74) is 0.349. The maximum atomic E-state index is 13.6. The van der Waals surface area contributed by atoms with Gasteiger partial charge in [0.1, 0.15) is 5.82 Å². The fraction of sp³-hybridized carbons (Fsp3) is 0.188. The summed E-state index contributed by atoms with van der Waals surface area (Å²) in [4.78, 5) is 15.0. The lowest BCUT2D eigenvalue weighted by molar-refractivity contribution is -0.127. The van der Waals surface area contributed by atoms with Crippen molar-refractivity contribution in [3.63, 3.8) is 0 Å². The number of thioether (sulfide) groups is 1. The average Bonchev–Trinajstić information content (AvgIpc) is 3.26. The summed E-state index contributed by atoms with van der Waals surface area (Å²) < 4.78 is 14.3. The zero-order valence-electron chi connectivity index (χ0n) is 13.3. The lowest BCUT2D eigenvalue weighted by Crippen LogP contribution is -2.27. The van der Waals surface area contributed by atoms with Gasteiger partial charge in [-0.15, -0.1) is 21.5 Å². The molecular weight excluding hydrogens is 379 g/mol. The first kappa shape index (κ1) is 17.8. The van der Waals surface area contributed by atoms with Gasteiger partial charge in [-0.3, -0.25) is 4.79 Å². The summed E-state index contributed by atoms with van der Waals surface area (Å²) in [6, 6.07) is 10.4. The van der Waals surface area contributed by atoms with Crippen molar-refractivity contribution in [1.29, 1.82) is 0 Å². The maximum absolute atomic E-state index is 13.6. The number of hydrogen-bond acceptors (Lipinski definition) is 7. The average molecular weight is 395 g/mol. The Morgan fingerprint density at radius 3 is 2.88 bits per heavy atom. The Labute approximate surface area is 156 Å². The molecule has 1 N–H and O–H groups in total. The SMILES string of the molecule is CN(Cc1cccs1)C(=O)CSc1nnc(Nc2ccccc2F)s1. The third-order valence-electron chi connectivity index (χ3n) is 3.24. The number of aromatic nitrogens is 2. The van der Waals surface area contributed by atoms with Crippen molar-refractivity contribution < 1.29 is 9.18 Å². The maximum Gasteiger partial charge on any atom is 0.233 e. The van der Waals surface area contributed by atoms with Crippen LogP contribution >= 0.6 is 34.4 Å². The number of nitrogens with one attached hydrogen (secondary N) is 1. The van der Waals surface area contributed by atoms with Gasteiger partial charge in [0.25, 0.3) is 0 Å². The first-order valence-electron chi connectivity index (χ1n) is 7.36. The van der Waals surface area contributed by atoms with Gasteiger partial charge >= 0.3 is 0 Å². The number of thiophene rings is 1.